The fourth-order valence-corrected chi connectivity index (χ4v) is 2.83. The summed E-state index contributed by atoms with van der Waals surface area (Å²) < 4.78 is 12.1. The van der Waals surface area contributed by atoms with Gasteiger partial charge in [-0.05, 0) is 43.3 Å². The summed E-state index contributed by atoms with van der Waals surface area (Å²) in [5.41, 5.74) is 3.07. The van der Waals surface area contributed by atoms with Crippen LogP contribution < -0.4 is 0 Å². The first-order valence-electron chi connectivity index (χ1n) is 8.04. The lowest BCUT2D eigenvalue weighted by Gasteiger charge is -1.99. The molecule has 26 heavy (non-hydrogen) atoms. The first-order valence-corrected chi connectivity index (χ1v) is 8.83. The molecule has 1 aliphatic rings. The Morgan fingerprint density at radius 1 is 0.923 bits per heavy atom. The third-order valence-electron chi connectivity index (χ3n) is 3.95. The SMILES string of the molecule is Cc1ccc(C2=NC(=Cc3ccc(-c4ccc(Br)cc4)o3)C(=O)O2)cc1. The molecular formula is C21H14BrNO3. The predicted octanol–water partition coefficient (Wildman–Crippen LogP) is 5.36. The number of furan rings is 1. The molecule has 0 aliphatic carbocycles. The van der Waals surface area contributed by atoms with Gasteiger partial charge in [0.25, 0.3) is 0 Å². The third kappa shape index (κ3) is 3.39. The minimum atomic E-state index is -0.484. The number of benzene rings is 2. The number of cyclic esters (lactones) is 1. The van der Waals surface area contributed by atoms with E-state index in [1.165, 1.54) is 0 Å². The quantitative estimate of drug-likeness (QED) is 0.433. The highest BCUT2D eigenvalue weighted by atomic mass is 79.9. The van der Waals surface area contributed by atoms with Gasteiger partial charge in [-0.25, -0.2) is 9.79 Å². The van der Waals surface area contributed by atoms with Gasteiger partial charge >= 0.3 is 5.97 Å². The summed E-state index contributed by atoms with van der Waals surface area (Å²) in [6.07, 6.45) is 1.59. The van der Waals surface area contributed by atoms with Crippen molar-refractivity contribution in [1.29, 1.82) is 0 Å². The van der Waals surface area contributed by atoms with Crippen LogP contribution in [0.4, 0.5) is 0 Å². The summed E-state index contributed by atoms with van der Waals surface area (Å²) in [6.45, 7) is 2.00. The van der Waals surface area contributed by atoms with E-state index in [1.54, 1.807) is 12.1 Å². The Balaban J connectivity index is 1.61. The van der Waals surface area contributed by atoms with Gasteiger partial charge in [0, 0.05) is 21.7 Å². The first kappa shape index (κ1) is 16.5. The van der Waals surface area contributed by atoms with Crippen LogP contribution in [0.25, 0.3) is 17.4 Å². The largest absolute Gasteiger partial charge is 0.457 e. The Hall–Kier alpha value is -2.92. The van der Waals surface area contributed by atoms with Crippen molar-refractivity contribution in [2.75, 3.05) is 0 Å². The van der Waals surface area contributed by atoms with Crippen molar-refractivity contribution >= 4 is 33.9 Å². The number of aliphatic imine (C=N–C) groups is 1. The minimum absolute atomic E-state index is 0.220. The number of carbonyl (C=O) groups is 1. The molecule has 0 N–H and O–H groups in total. The van der Waals surface area contributed by atoms with E-state index in [4.69, 9.17) is 9.15 Å². The van der Waals surface area contributed by atoms with Crippen LogP contribution >= 0.6 is 15.9 Å². The normalized spacial score (nSPS) is 15.2. The van der Waals surface area contributed by atoms with E-state index in [0.29, 0.717) is 11.7 Å². The van der Waals surface area contributed by atoms with Gasteiger partial charge in [-0.1, -0.05) is 45.8 Å². The number of hydrogen-bond acceptors (Lipinski definition) is 4. The zero-order chi connectivity index (χ0) is 18.1. The molecular weight excluding hydrogens is 394 g/mol. The average Bonchev–Trinajstić information content (AvgIpc) is 3.24. The maximum atomic E-state index is 12.1. The number of hydrogen-bond donors (Lipinski definition) is 0. The van der Waals surface area contributed by atoms with Crippen molar-refractivity contribution < 1.29 is 13.9 Å². The Kier molecular flexibility index (Phi) is 4.31. The lowest BCUT2D eigenvalue weighted by Crippen LogP contribution is -2.05. The standard InChI is InChI=1S/C21H14BrNO3/c1-13-2-4-15(5-3-13)20-23-18(21(24)26-20)12-17-10-11-19(25-17)14-6-8-16(22)9-7-14/h2-12H,1H3. The number of nitrogens with zero attached hydrogens (tertiary/aromatic N) is 1. The van der Waals surface area contributed by atoms with E-state index < -0.39 is 5.97 Å². The molecule has 4 rings (SSSR count). The van der Waals surface area contributed by atoms with Crippen molar-refractivity contribution in [3.8, 4) is 11.3 Å². The number of aryl methyl sites for hydroxylation is 1. The van der Waals surface area contributed by atoms with E-state index in [0.717, 1.165) is 26.9 Å². The van der Waals surface area contributed by atoms with Gasteiger partial charge in [0.2, 0.25) is 5.90 Å². The maximum absolute atomic E-state index is 12.1. The molecule has 0 saturated heterocycles. The van der Waals surface area contributed by atoms with E-state index in [1.807, 2.05) is 61.5 Å². The molecule has 5 heteroatoms. The fraction of sp³-hybridized carbons (Fsp3) is 0.0476. The predicted molar refractivity (Wildman–Crippen MR) is 104 cm³/mol. The summed E-state index contributed by atoms with van der Waals surface area (Å²) >= 11 is 3.41. The Morgan fingerprint density at radius 2 is 1.62 bits per heavy atom. The second kappa shape index (κ2) is 6.77. The van der Waals surface area contributed by atoms with Crippen LogP contribution in [0.2, 0.25) is 0 Å². The van der Waals surface area contributed by atoms with Crippen LogP contribution in [0.5, 0.6) is 0 Å². The van der Waals surface area contributed by atoms with Crippen molar-refractivity contribution in [2.45, 2.75) is 6.92 Å². The molecule has 2 heterocycles. The smallest absolute Gasteiger partial charge is 0.363 e. The summed E-state index contributed by atoms with van der Waals surface area (Å²) in [7, 11) is 0. The van der Waals surface area contributed by atoms with Crippen LogP contribution in [-0.2, 0) is 9.53 Å². The molecule has 0 atom stereocenters. The van der Waals surface area contributed by atoms with Crippen molar-refractivity contribution in [1.82, 2.24) is 0 Å². The highest BCUT2D eigenvalue weighted by molar-refractivity contribution is 9.10. The van der Waals surface area contributed by atoms with Crippen molar-refractivity contribution in [3.63, 3.8) is 0 Å². The zero-order valence-corrected chi connectivity index (χ0v) is 15.5. The summed E-state index contributed by atoms with van der Waals surface area (Å²) in [4.78, 5) is 16.4. The topological polar surface area (TPSA) is 51.8 Å². The van der Waals surface area contributed by atoms with Gasteiger partial charge in [-0.3, -0.25) is 0 Å². The van der Waals surface area contributed by atoms with Crippen molar-refractivity contribution in [2.24, 2.45) is 4.99 Å². The molecule has 0 unspecified atom stereocenters. The van der Waals surface area contributed by atoms with Crippen LogP contribution in [0.1, 0.15) is 16.9 Å². The Bertz CT molecular complexity index is 1030. The van der Waals surface area contributed by atoms with Gasteiger partial charge in [-0.2, -0.15) is 0 Å². The third-order valence-corrected chi connectivity index (χ3v) is 4.48. The molecule has 4 nitrogen and oxygen atoms in total. The van der Waals surface area contributed by atoms with Gasteiger partial charge in [0.05, 0.1) is 0 Å². The minimum Gasteiger partial charge on any atom is -0.457 e. The van der Waals surface area contributed by atoms with Crippen LogP contribution in [-0.4, -0.2) is 11.9 Å². The van der Waals surface area contributed by atoms with Gasteiger partial charge in [0.15, 0.2) is 5.70 Å². The molecule has 0 bridgehead atoms. The van der Waals surface area contributed by atoms with Gasteiger partial charge < -0.3 is 9.15 Å². The molecule has 0 fully saturated rings. The second-order valence-corrected chi connectivity index (χ2v) is 6.83. The number of carbonyl (C=O) groups excluding carboxylic acids is 1. The summed E-state index contributed by atoms with van der Waals surface area (Å²) in [5.74, 6) is 1.09. The molecule has 1 aromatic heterocycles. The van der Waals surface area contributed by atoms with E-state index in [-0.39, 0.29) is 5.70 Å². The number of halogens is 1. The van der Waals surface area contributed by atoms with Crippen LogP contribution in [0.15, 0.2) is 80.2 Å². The number of ether oxygens (including phenoxy) is 1. The van der Waals surface area contributed by atoms with Crippen molar-refractivity contribution in [3.05, 3.63) is 87.7 Å². The van der Waals surface area contributed by atoms with E-state index >= 15 is 0 Å². The summed E-state index contributed by atoms with van der Waals surface area (Å²) in [5, 5.41) is 0. The van der Waals surface area contributed by atoms with Crippen LogP contribution in [0, 0.1) is 6.92 Å². The molecule has 0 amide bonds. The fourth-order valence-electron chi connectivity index (χ4n) is 2.56. The molecule has 1 aliphatic heterocycles. The molecule has 0 saturated carbocycles. The number of rotatable bonds is 3. The zero-order valence-electron chi connectivity index (χ0n) is 13.9. The average molecular weight is 408 g/mol. The second-order valence-electron chi connectivity index (χ2n) is 5.91. The number of esters is 1. The maximum Gasteiger partial charge on any atom is 0.363 e. The highest BCUT2D eigenvalue weighted by Crippen LogP contribution is 2.26. The Morgan fingerprint density at radius 3 is 2.35 bits per heavy atom. The Labute approximate surface area is 159 Å². The first-order chi connectivity index (χ1) is 12.6. The summed E-state index contributed by atoms with van der Waals surface area (Å²) in [6, 6.07) is 19.1. The molecule has 0 spiro atoms. The molecule has 128 valence electrons. The lowest BCUT2D eigenvalue weighted by molar-refractivity contribution is -0.129. The van der Waals surface area contributed by atoms with Crippen LogP contribution in [0.3, 0.4) is 0 Å². The van der Waals surface area contributed by atoms with E-state index in [2.05, 4.69) is 20.9 Å². The highest BCUT2D eigenvalue weighted by Gasteiger charge is 2.24. The molecule has 2 aromatic carbocycles. The lowest BCUT2D eigenvalue weighted by atomic mass is 10.1. The van der Waals surface area contributed by atoms with Gasteiger partial charge in [-0.15, -0.1) is 0 Å². The van der Waals surface area contributed by atoms with E-state index in [9.17, 15) is 4.79 Å². The molecule has 0 radical (unpaired) electrons. The molecule has 3 aromatic rings. The van der Waals surface area contributed by atoms with Gasteiger partial charge in [0.1, 0.15) is 11.5 Å². The monoisotopic (exact) mass is 407 g/mol.